The Morgan fingerprint density at radius 2 is 0.754 bits per heavy atom. The van der Waals surface area contributed by atoms with Gasteiger partial charge in [-0.2, -0.15) is 0 Å². The first-order valence-electron chi connectivity index (χ1n) is 21.7. The van der Waals surface area contributed by atoms with Crippen molar-refractivity contribution in [2.75, 3.05) is 39.6 Å². The van der Waals surface area contributed by atoms with Crippen LogP contribution in [-0.2, 0) is 52.5 Å². The first-order chi connectivity index (χ1) is 29.1. The Morgan fingerprint density at radius 1 is 0.475 bits per heavy atom. The molecule has 0 spiro atoms. The average molecular weight is 853 g/mol. The molecule has 338 valence electrons. The summed E-state index contributed by atoms with van der Waals surface area (Å²) in [5.41, 5.74) is 6.60. The minimum atomic E-state index is -1.07. The Balaban J connectivity index is 1.58. The summed E-state index contributed by atoms with van der Waals surface area (Å²) >= 11 is 0. The summed E-state index contributed by atoms with van der Waals surface area (Å²) in [4.78, 5) is 78.2. The number of carboxylic acids is 1. The van der Waals surface area contributed by atoms with E-state index >= 15 is 0 Å². The molecule has 6 atom stereocenters. The van der Waals surface area contributed by atoms with Gasteiger partial charge in [-0.3, -0.25) is 28.8 Å². The second kappa shape index (κ2) is 26.5. The molecule has 0 fully saturated rings. The number of aliphatic hydroxyl groups excluding tert-OH is 1. The van der Waals surface area contributed by atoms with Gasteiger partial charge in [0, 0.05) is 0 Å². The number of carbonyl (C=O) groups is 6. The molecule has 0 saturated heterocycles. The number of hydrogen-bond donors (Lipinski definition) is 2. The molecule has 3 aliphatic rings. The lowest BCUT2D eigenvalue weighted by molar-refractivity contribution is -0.167. The van der Waals surface area contributed by atoms with Gasteiger partial charge in [0.15, 0.2) is 0 Å². The smallest absolute Gasteiger partial charge is 0.310 e. The summed E-state index contributed by atoms with van der Waals surface area (Å²) in [5, 5.41) is 19.0. The molecule has 0 aromatic heterocycles. The van der Waals surface area contributed by atoms with Crippen LogP contribution < -0.4 is 0 Å². The topological polar surface area (TPSA) is 189 Å². The molecule has 0 aromatic rings. The van der Waals surface area contributed by atoms with E-state index < -0.39 is 71.3 Å². The van der Waals surface area contributed by atoms with Crippen LogP contribution in [0.5, 0.6) is 0 Å². The molecule has 0 aromatic carbocycles. The van der Waals surface area contributed by atoms with E-state index in [4.69, 9.17) is 23.7 Å². The maximum absolute atomic E-state index is 13.6. The minimum absolute atomic E-state index is 0.176. The fourth-order valence-corrected chi connectivity index (χ4v) is 7.94. The van der Waals surface area contributed by atoms with Gasteiger partial charge in [0.1, 0.15) is 33.0 Å². The second-order valence-corrected chi connectivity index (χ2v) is 16.9. The number of rotatable bonds is 23. The van der Waals surface area contributed by atoms with Crippen LogP contribution in [0.1, 0.15) is 119 Å². The second-order valence-electron chi connectivity index (χ2n) is 16.9. The predicted octanol–water partition coefficient (Wildman–Crippen LogP) is 7.88. The van der Waals surface area contributed by atoms with E-state index in [2.05, 4.69) is 18.2 Å². The van der Waals surface area contributed by atoms with Gasteiger partial charge in [0.25, 0.3) is 0 Å². The largest absolute Gasteiger partial charge is 0.481 e. The minimum Gasteiger partial charge on any atom is -0.481 e. The zero-order valence-corrected chi connectivity index (χ0v) is 37.0. The van der Waals surface area contributed by atoms with Gasteiger partial charge in [-0.15, -0.1) is 0 Å². The SMILES string of the molecule is CC(C)=CCCC1=CCC(C(=O)O)C(C(=O)OCCOC(=O)C2CC=C(CCC=C(C)C)CC2C(=O)OCCOC(=O)C2CC=C(CCC=C(C)C)CC2C(=O)OCCO)C1. The van der Waals surface area contributed by atoms with Crippen molar-refractivity contribution < 1.29 is 62.7 Å². The molecule has 61 heavy (non-hydrogen) atoms. The fourth-order valence-electron chi connectivity index (χ4n) is 7.94. The van der Waals surface area contributed by atoms with Crippen molar-refractivity contribution in [2.24, 2.45) is 35.5 Å². The number of ether oxygens (including phenoxy) is 5. The zero-order valence-electron chi connectivity index (χ0n) is 37.0. The summed E-state index contributed by atoms with van der Waals surface area (Å²) in [7, 11) is 0. The van der Waals surface area contributed by atoms with Crippen LogP contribution in [0.25, 0.3) is 0 Å². The number of carboxylic acid groups (broad SMARTS) is 1. The van der Waals surface area contributed by atoms with Crippen molar-refractivity contribution in [3.63, 3.8) is 0 Å². The van der Waals surface area contributed by atoms with Gasteiger partial charge in [0.05, 0.1) is 42.1 Å². The molecule has 13 nitrogen and oxygen atoms in total. The zero-order chi connectivity index (χ0) is 44.9. The van der Waals surface area contributed by atoms with Crippen LogP contribution >= 0.6 is 0 Å². The molecule has 0 aliphatic heterocycles. The molecular formula is C48H68O13. The van der Waals surface area contributed by atoms with Crippen LogP contribution in [0.2, 0.25) is 0 Å². The van der Waals surface area contributed by atoms with Gasteiger partial charge >= 0.3 is 35.8 Å². The van der Waals surface area contributed by atoms with Gasteiger partial charge in [-0.05, 0) is 119 Å². The summed E-state index contributed by atoms with van der Waals surface area (Å²) in [6.07, 6.45) is 18.3. The lowest BCUT2D eigenvalue weighted by atomic mass is 9.78. The van der Waals surface area contributed by atoms with Crippen LogP contribution in [0.3, 0.4) is 0 Å². The number of carbonyl (C=O) groups excluding carboxylic acids is 5. The standard InChI is InChI=1S/C48H68O13/c1-31(2)10-7-13-34-16-19-37(43(50)51)40(28-34)46(54)60-26-24-58-45(53)39-21-18-36(15-9-12-33(5)6)30-42(39)48(56)61-27-25-59-44(52)38-20-17-35(14-8-11-32(3)4)29-41(38)47(55)57-23-22-49/h10-12,16-18,37-42,49H,7-9,13-15,19-30H2,1-6H3,(H,50,51). The maximum Gasteiger partial charge on any atom is 0.310 e. The van der Waals surface area contributed by atoms with Crippen molar-refractivity contribution in [2.45, 2.75) is 119 Å². The van der Waals surface area contributed by atoms with Gasteiger partial charge in [-0.1, -0.05) is 69.9 Å². The molecule has 6 unspecified atom stereocenters. The maximum atomic E-state index is 13.6. The van der Waals surface area contributed by atoms with E-state index in [1.54, 1.807) is 0 Å². The van der Waals surface area contributed by atoms with Crippen LogP contribution in [0.4, 0.5) is 0 Å². The highest BCUT2D eigenvalue weighted by atomic mass is 16.6. The third-order valence-corrected chi connectivity index (χ3v) is 11.2. The van der Waals surface area contributed by atoms with Crippen molar-refractivity contribution >= 4 is 35.8 Å². The predicted molar refractivity (Wildman–Crippen MR) is 228 cm³/mol. The first kappa shape index (κ1) is 50.6. The van der Waals surface area contributed by atoms with Crippen LogP contribution in [-0.4, -0.2) is 85.7 Å². The highest BCUT2D eigenvalue weighted by Gasteiger charge is 2.41. The first-order valence-corrected chi connectivity index (χ1v) is 21.7. The van der Waals surface area contributed by atoms with E-state index in [0.29, 0.717) is 12.8 Å². The molecule has 0 bridgehead atoms. The summed E-state index contributed by atoms with van der Waals surface area (Å²) < 4.78 is 27.2. The van der Waals surface area contributed by atoms with Crippen LogP contribution in [0, 0.1) is 35.5 Å². The molecule has 0 radical (unpaired) electrons. The van der Waals surface area contributed by atoms with E-state index in [9.17, 15) is 39.0 Å². The number of aliphatic hydroxyl groups is 1. The molecular weight excluding hydrogens is 785 g/mol. The summed E-state index contributed by atoms with van der Waals surface area (Å²) in [5.74, 6) is -9.29. The third kappa shape index (κ3) is 17.6. The Labute approximate surface area is 361 Å². The molecule has 3 rings (SSSR count). The lowest BCUT2D eigenvalue weighted by Gasteiger charge is -2.29. The molecule has 0 heterocycles. The summed E-state index contributed by atoms with van der Waals surface area (Å²) in [6.45, 7) is 10.5. The quantitative estimate of drug-likeness (QED) is 0.0438. The molecule has 13 heteroatoms. The lowest BCUT2D eigenvalue weighted by Crippen LogP contribution is -2.37. The van der Waals surface area contributed by atoms with E-state index in [-0.39, 0.29) is 71.7 Å². The fraction of sp³-hybridized carbons (Fsp3) is 0.625. The number of aliphatic carboxylic acids is 1. The average Bonchev–Trinajstić information content (AvgIpc) is 3.22. The van der Waals surface area contributed by atoms with Crippen molar-refractivity contribution in [1.29, 1.82) is 0 Å². The van der Waals surface area contributed by atoms with Gasteiger partial charge < -0.3 is 33.9 Å². The van der Waals surface area contributed by atoms with E-state index in [1.807, 2.05) is 59.8 Å². The normalized spacial score (nSPS) is 22.2. The van der Waals surface area contributed by atoms with Gasteiger partial charge in [0.2, 0.25) is 0 Å². The van der Waals surface area contributed by atoms with Crippen molar-refractivity contribution in [3.8, 4) is 0 Å². The van der Waals surface area contributed by atoms with Crippen molar-refractivity contribution in [1.82, 2.24) is 0 Å². The molecule has 3 aliphatic carbocycles. The molecule has 2 N–H and O–H groups in total. The Bertz CT molecular complexity index is 1720. The molecule has 0 amide bonds. The van der Waals surface area contributed by atoms with Gasteiger partial charge in [-0.25, -0.2) is 0 Å². The third-order valence-electron chi connectivity index (χ3n) is 11.2. The number of allylic oxidation sites excluding steroid dienone is 12. The summed E-state index contributed by atoms with van der Waals surface area (Å²) in [6, 6.07) is 0. The van der Waals surface area contributed by atoms with E-state index in [1.165, 1.54) is 16.7 Å². The number of esters is 5. The van der Waals surface area contributed by atoms with Crippen molar-refractivity contribution in [3.05, 3.63) is 69.9 Å². The Morgan fingerprint density at radius 3 is 1.05 bits per heavy atom. The van der Waals surface area contributed by atoms with Crippen LogP contribution in [0.15, 0.2) is 69.9 Å². The highest BCUT2D eigenvalue weighted by molar-refractivity contribution is 5.84. The highest BCUT2D eigenvalue weighted by Crippen LogP contribution is 2.36. The monoisotopic (exact) mass is 852 g/mol. The Kier molecular flexibility index (Phi) is 22.0. The van der Waals surface area contributed by atoms with E-state index in [0.717, 1.165) is 48.8 Å². The number of hydrogen-bond acceptors (Lipinski definition) is 12. The Hall–Kier alpha value is -4.78. The molecule has 0 saturated carbocycles.